The Kier molecular flexibility index (Phi) is 5.88. The number of rotatable bonds is 4. The van der Waals surface area contributed by atoms with Crippen molar-refractivity contribution in [1.82, 2.24) is 15.5 Å². The van der Waals surface area contributed by atoms with Gasteiger partial charge in [0, 0.05) is 25.2 Å². The highest BCUT2D eigenvalue weighted by molar-refractivity contribution is 5.89. The van der Waals surface area contributed by atoms with Gasteiger partial charge in [-0.05, 0) is 44.1 Å². The molecule has 1 aromatic carbocycles. The molecule has 0 radical (unpaired) electrons. The van der Waals surface area contributed by atoms with E-state index in [1.54, 1.807) is 0 Å². The minimum atomic E-state index is -0.337. The molecule has 0 bridgehead atoms. The van der Waals surface area contributed by atoms with Gasteiger partial charge in [-0.3, -0.25) is 4.79 Å². The Hall–Kier alpha value is -2.04. The van der Waals surface area contributed by atoms with Crippen LogP contribution in [0, 0.1) is 0 Å². The summed E-state index contributed by atoms with van der Waals surface area (Å²) >= 11 is 0. The molecule has 1 aromatic rings. The Balaban J connectivity index is 1.27. The molecule has 0 unspecified atom stereocenters. The minimum absolute atomic E-state index is 0.0800. The van der Waals surface area contributed by atoms with Gasteiger partial charge in [0.2, 0.25) is 5.91 Å². The maximum absolute atomic E-state index is 13.1. The number of nitrogens with one attached hydrogen (secondary N) is 2. The van der Waals surface area contributed by atoms with Crippen LogP contribution in [-0.4, -0.2) is 42.0 Å². The molecule has 5 nitrogen and oxygen atoms in total. The Bertz CT molecular complexity index is 672. The topological polar surface area (TPSA) is 61.4 Å². The number of piperidine rings is 1. The van der Waals surface area contributed by atoms with E-state index in [1.807, 2.05) is 23.1 Å². The molecule has 3 amide bonds. The molecule has 0 atom stereocenters. The van der Waals surface area contributed by atoms with E-state index >= 15 is 0 Å². The zero-order valence-electron chi connectivity index (χ0n) is 16.8. The summed E-state index contributed by atoms with van der Waals surface area (Å²) in [4.78, 5) is 27.5. The SMILES string of the molecule is O=C(NC1CCCCC1)N1CCC(NC(=O)C2(c3ccccc3)CCC2)CC1. The molecule has 5 heteroatoms. The van der Waals surface area contributed by atoms with Gasteiger partial charge in [0.05, 0.1) is 5.41 Å². The molecule has 28 heavy (non-hydrogen) atoms. The van der Waals surface area contributed by atoms with Gasteiger partial charge in [-0.15, -0.1) is 0 Å². The number of amides is 3. The van der Waals surface area contributed by atoms with E-state index in [-0.39, 0.29) is 23.4 Å². The van der Waals surface area contributed by atoms with Crippen LogP contribution in [0.1, 0.15) is 69.8 Å². The quantitative estimate of drug-likeness (QED) is 0.832. The number of hydrogen-bond donors (Lipinski definition) is 2. The molecule has 1 aliphatic heterocycles. The largest absolute Gasteiger partial charge is 0.352 e. The predicted octanol–water partition coefficient (Wildman–Crippen LogP) is 3.73. The van der Waals surface area contributed by atoms with Gasteiger partial charge in [-0.25, -0.2) is 4.79 Å². The van der Waals surface area contributed by atoms with E-state index in [0.29, 0.717) is 6.04 Å². The summed E-state index contributed by atoms with van der Waals surface area (Å²) in [6.07, 6.45) is 10.6. The monoisotopic (exact) mass is 383 g/mol. The number of urea groups is 1. The lowest BCUT2D eigenvalue weighted by Gasteiger charge is -2.42. The normalized spacial score (nSPS) is 22.9. The molecule has 1 saturated heterocycles. The second-order valence-electron chi connectivity index (χ2n) is 8.82. The van der Waals surface area contributed by atoms with Gasteiger partial charge in [0.25, 0.3) is 0 Å². The zero-order valence-corrected chi connectivity index (χ0v) is 16.8. The van der Waals surface area contributed by atoms with E-state index < -0.39 is 0 Å². The minimum Gasteiger partial charge on any atom is -0.352 e. The zero-order chi connectivity index (χ0) is 19.4. The third kappa shape index (κ3) is 4.03. The van der Waals surface area contributed by atoms with Gasteiger partial charge >= 0.3 is 6.03 Å². The summed E-state index contributed by atoms with van der Waals surface area (Å²) in [5.74, 6) is 0.176. The lowest BCUT2D eigenvalue weighted by molar-refractivity contribution is -0.131. The second kappa shape index (κ2) is 8.54. The first-order chi connectivity index (χ1) is 13.7. The molecule has 0 spiro atoms. The van der Waals surface area contributed by atoms with Gasteiger partial charge in [0.15, 0.2) is 0 Å². The van der Waals surface area contributed by atoms with Crippen molar-refractivity contribution >= 4 is 11.9 Å². The summed E-state index contributed by atoms with van der Waals surface area (Å²) in [5, 5.41) is 6.51. The number of carbonyl (C=O) groups is 2. The molecule has 0 aromatic heterocycles. The van der Waals surface area contributed by atoms with Gasteiger partial charge < -0.3 is 15.5 Å². The smallest absolute Gasteiger partial charge is 0.317 e. The molecule has 1 heterocycles. The molecule has 3 fully saturated rings. The number of carbonyl (C=O) groups excluding carboxylic acids is 2. The standard InChI is InChI=1S/C23H33N3O2/c27-21(23(14-7-15-23)18-8-3-1-4-9-18)24-20-12-16-26(17-13-20)22(28)25-19-10-5-2-6-11-19/h1,3-4,8-9,19-20H,2,5-7,10-17H2,(H,24,27)(H,25,28). The van der Waals surface area contributed by atoms with Crippen LogP contribution in [0.25, 0.3) is 0 Å². The summed E-state index contributed by atoms with van der Waals surface area (Å²) in [6, 6.07) is 10.8. The molecule has 2 aliphatic carbocycles. The van der Waals surface area contributed by atoms with Crippen molar-refractivity contribution in [2.24, 2.45) is 0 Å². The average molecular weight is 384 g/mol. The Morgan fingerprint density at radius 2 is 1.46 bits per heavy atom. The van der Waals surface area contributed by atoms with Crippen molar-refractivity contribution in [3.8, 4) is 0 Å². The highest BCUT2D eigenvalue weighted by atomic mass is 16.2. The maximum atomic E-state index is 13.1. The third-order valence-corrected chi connectivity index (χ3v) is 7.02. The average Bonchev–Trinajstić information content (AvgIpc) is 2.69. The van der Waals surface area contributed by atoms with Crippen LogP contribution >= 0.6 is 0 Å². The van der Waals surface area contributed by atoms with Crippen molar-refractivity contribution in [3.63, 3.8) is 0 Å². The van der Waals surface area contributed by atoms with Crippen LogP contribution in [0.4, 0.5) is 4.79 Å². The molecule has 2 saturated carbocycles. The molecule has 2 N–H and O–H groups in total. The number of benzene rings is 1. The highest BCUT2D eigenvalue weighted by Gasteiger charge is 2.46. The summed E-state index contributed by atoms with van der Waals surface area (Å²) in [7, 11) is 0. The van der Waals surface area contributed by atoms with Crippen LogP contribution in [0.15, 0.2) is 30.3 Å². The molecule has 3 aliphatic rings. The van der Waals surface area contributed by atoms with Crippen molar-refractivity contribution in [2.45, 2.75) is 81.7 Å². The van der Waals surface area contributed by atoms with Crippen molar-refractivity contribution < 1.29 is 9.59 Å². The van der Waals surface area contributed by atoms with E-state index in [4.69, 9.17) is 0 Å². The number of hydrogen-bond acceptors (Lipinski definition) is 2. The lowest BCUT2D eigenvalue weighted by Crippen LogP contribution is -2.55. The fourth-order valence-corrected chi connectivity index (χ4v) is 5.00. The first-order valence-corrected chi connectivity index (χ1v) is 11.1. The second-order valence-corrected chi connectivity index (χ2v) is 8.82. The molecular formula is C23H33N3O2. The van der Waals surface area contributed by atoms with E-state index in [1.165, 1.54) is 19.3 Å². The van der Waals surface area contributed by atoms with Gasteiger partial charge in [-0.1, -0.05) is 56.0 Å². The summed E-state index contributed by atoms with van der Waals surface area (Å²) in [6.45, 7) is 1.45. The van der Waals surface area contributed by atoms with Crippen LogP contribution in [0.3, 0.4) is 0 Å². The fraction of sp³-hybridized carbons (Fsp3) is 0.652. The first kappa shape index (κ1) is 19.3. The third-order valence-electron chi connectivity index (χ3n) is 7.02. The van der Waals surface area contributed by atoms with Crippen LogP contribution < -0.4 is 10.6 Å². The van der Waals surface area contributed by atoms with Crippen LogP contribution in [0.5, 0.6) is 0 Å². The van der Waals surface area contributed by atoms with Crippen LogP contribution in [0.2, 0.25) is 0 Å². The van der Waals surface area contributed by atoms with Crippen molar-refractivity contribution in [2.75, 3.05) is 13.1 Å². The van der Waals surface area contributed by atoms with E-state index in [0.717, 1.165) is 63.6 Å². The van der Waals surface area contributed by atoms with E-state index in [2.05, 4.69) is 22.8 Å². The van der Waals surface area contributed by atoms with E-state index in [9.17, 15) is 9.59 Å². The summed E-state index contributed by atoms with van der Waals surface area (Å²) in [5.41, 5.74) is 0.805. The molecule has 152 valence electrons. The summed E-state index contributed by atoms with van der Waals surface area (Å²) < 4.78 is 0. The Morgan fingerprint density at radius 3 is 2.07 bits per heavy atom. The van der Waals surface area contributed by atoms with Gasteiger partial charge in [0.1, 0.15) is 0 Å². The lowest BCUT2D eigenvalue weighted by atomic mass is 9.63. The van der Waals surface area contributed by atoms with Crippen LogP contribution in [-0.2, 0) is 10.2 Å². The molecule has 4 rings (SSSR count). The fourth-order valence-electron chi connectivity index (χ4n) is 5.00. The number of likely N-dealkylation sites (tertiary alicyclic amines) is 1. The Labute approximate surface area is 168 Å². The maximum Gasteiger partial charge on any atom is 0.317 e. The van der Waals surface area contributed by atoms with Crippen molar-refractivity contribution in [3.05, 3.63) is 35.9 Å². The first-order valence-electron chi connectivity index (χ1n) is 11.1. The predicted molar refractivity (Wildman–Crippen MR) is 110 cm³/mol. The molecular weight excluding hydrogens is 350 g/mol. The number of nitrogens with zero attached hydrogens (tertiary/aromatic N) is 1. The Morgan fingerprint density at radius 1 is 0.821 bits per heavy atom. The highest BCUT2D eigenvalue weighted by Crippen LogP contribution is 2.44. The van der Waals surface area contributed by atoms with Gasteiger partial charge in [-0.2, -0.15) is 0 Å². The van der Waals surface area contributed by atoms with Crippen molar-refractivity contribution in [1.29, 1.82) is 0 Å².